The van der Waals surface area contributed by atoms with Gasteiger partial charge in [0.1, 0.15) is 18.2 Å². The normalized spacial score (nSPS) is 16.1. The zero-order valence-corrected chi connectivity index (χ0v) is 14.4. The van der Waals surface area contributed by atoms with E-state index in [0.717, 1.165) is 31.5 Å². The van der Waals surface area contributed by atoms with E-state index >= 15 is 0 Å². The molecule has 1 fully saturated rings. The maximum Gasteiger partial charge on any atom is 0.261 e. The van der Waals surface area contributed by atoms with Crippen LogP contribution in [0.3, 0.4) is 0 Å². The highest BCUT2D eigenvalue weighted by atomic mass is 32.1. The van der Waals surface area contributed by atoms with Gasteiger partial charge in [-0.05, 0) is 56.6 Å². The van der Waals surface area contributed by atoms with Crippen molar-refractivity contribution in [1.29, 1.82) is 0 Å². The molecule has 2 aromatic rings. The molecular weight excluding hydrogens is 327 g/mol. The summed E-state index contributed by atoms with van der Waals surface area (Å²) in [4.78, 5) is 15.3. The SMILES string of the molecule is CN1CCC(NC(=O)c2cc(COc3cccc(F)c3)cs2)CC1. The summed E-state index contributed by atoms with van der Waals surface area (Å²) in [5.74, 6) is 0.140. The van der Waals surface area contributed by atoms with E-state index in [0.29, 0.717) is 17.2 Å². The van der Waals surface area contributed by atoms with Crippen LogP contribution in [0.5, 0.6) is 5.75 Å². The molecule has 1 saturated heterocycles. The standard InChI is InChI=1S/C18H21FN2O2S/c1-21-7-5-15(6-8-21)20-18(22)17-9-13(12-24-17)11-23-16-4-2-3-14(19)10-16/h2-4,9-10,12,15H,5-8,11H2,1H3,(H,20,22). The number of nitrogens with zero attached hydrogens (tertiary/aromatic N) is 1. The number of benzene rings is 1. The molecule has 1 aromatic carbocycles. The molecule has 128 valence electrons. The monoisotopic (exact) mass is 348 g/mol. The molecule has 1 aliphatic heterocycles. The number of piperidine rings is 1. The minimum Gasteiger partial charge on any atom is -0.489 e. The van der Waals surface area contributed by atoms with Crippen LogP contribution in [0, 0.1) is 5.82 Å². The Morgan fingerprint density at radius 1 is 1.38 bits per heavy atom. The third-order valence-corrected chi connectivity index (χ3v) is 5.11. The predicted molar refractivity (Wildman–Crippen MR) is 93.0 cm³/mol. The molecule has 0 atom stereocenters. The molecule has 24 heavy (non-hydrogen) atoms. The molecule has 1 amide bonds. The highest BCUT2D eigenvalue weighted by molar-refractivity contribution is 7.12. The van der Waals surface area contributed by atoms with Crippen LogP contribution in [0.4, 0.5) is 4.39 Å². The van der Waals surface area contributed by atoms with Crippen LogP contribution in [-0.2, 0) is 6.61 Å². The largest absolute Gasteiger partial charge is 0.489 e. The lowest BCUT2D eigenvalue weighted by Gasteiger charge is -2.29. The number of hydrogen-bond acceptors (Lipinski definition) is 4. The molecule has 0 radical (unpaired) electrons. The van der Waals surface area contributed by atoms with E-state index in [1.54, 1.807) is 12.1 Å². The number of rotatable bonds is 5. The molecular formula is C18H21FN2O2S. The van der Waals surface area contributed by atoms with Gasteiger partial charge in [0.2, 0.25) is 0 Å². The third-order valence-electron chi connectivity index (χ3n) is 4.13. The van der Waals surface area contributed by atoms with Gasteiger partial charge in [-0.1, -0.05) is 6.07 Å². The predicted octanol–water partition coefficient (Wildman–Crippen LogP) is 3.29. The molecule has 1 aliphatic rings. The number of amides is 1. The molecule has 3 rings (SSSR count). The van der Waals surface area contributed by atoms with Crippen LogP contribution < -0.4 is 10.1 Å². The second kappa shape index (κ2) is 7.77. The van der Waals surface area contributed by atoms with Gasteiger partial charge in [0.05, 0.1) is 4.88 Å². The Bertz CT molecular complexity index is 696. The van der Waals surface area contributed by atoms with E-state index in [1.165, 1.54) is 23.5 Å². The van der Waals surface area contributed by atoms with E-state index in [-0.39, 0.29) is 17.8 Å². The summed E-state index contributed by atoms with van der Waals surface area (Å²) in [7, 11) is 2.10. The summed E-state index contributed by atoms with van der Waals surface area (Å²) >= 11 is 1.41. The molecule has 0 unspecified atom stereocenters. The van der Waals surface area contributed by atoms with Crippen molar-refractivity contribution in [3.63, 3.8) is 0 Å². The maximum absolute atomic E-state index is 13.1. The van der Waals surface area contributed by atoms with Gasteiger partial charge in [-0.25, -0.2) is 4.39 Å². The van der Waals surface area contributed by atoms with E-state index < -0.39 is 0 Å². The molecule has 0 saturated carbocycles. The fourth-order valence-corrected chi connectivity index (χ4v) is 3.50. The summed E-state index contributed by atoms with van der Waals surface area (Å²) in [6.45, 7) is 2.35. The lowest BCUT2D eigenvalue weighted by molar-refractivity contribution is 0.0921. The first-order chi connectivity index (χ1) is 11.6. The van der Waals surface area contributed by atoms with Crippen LogP contribution in [-0.4, -0.2) is 37.0 Å². The molecule has 0 spiro atoms. The molecule has 2 heterocycles. The summed E-state index contributed by atoms with van der Waals surface area (Å²) in [5, 5.41) is 5.01. The maximum atomic E-state index is 13.1. The van der Waals surface area contributed by atoms with Crippen LogP contribution in [0.2, 0.25) is 0 Å². The highest BCUT2D eigenvalue weighted by Gasteiger charge is 2.19. The van der Waals surface area contributed by atoms with Crippen molar-refractivity contribution >= 4 is 17.2 Å². The van der Waals surface area contributed by atoms with Crippen molar-refractivity contribution in [3.05, 3.63) is 52.0 Å². The van der Waals surface area contributed by atoms with Crippen molar-refractivity contribution in [1.82, 2.24) is 10.2 Å². The summed E-state index contributed by atoms with van der Waals surface area (Å²) < 4.78 is 18.7. The molecule has 6 heteroatoms. The zero-order valence-electron chi connectivity index (χ0n) is 13.6. The van der Waals surface area contributed by atoms with E-state index in [1.807, 2.05) is 11.4 Å². The topological polar surface area (TPSA) is 41.6 Å². The zero-order chi connectivity index (χ0) is 16.9. The van der Waals surface area contributed by atoms with Gasteiger partial charge in [0, 0.05) is 17.7 Å². The smallest absolute Gasteiger partial charge is 0.261 e. The van der Waals surface area contributed by atoms with Crippen LogP contribution in [0.1, 0.15) is 28.1 Å². The molecule has 1 aromatic heterocycles. The fourth-order valence-electron chi connectivity index (χ4n) is 2.70. The fraction of sp³-hybridized carbons (Fsp3) is 0.389. The lowest BCUT2D eigenvalue weighted by atomic mass is 10.1. The summed E-state index contributed by atoms with van der Waals surface area (Å²) in [6.07, 6.45) is 1.98. The number of halogens is 1. The number of thiophene rings is 1. The highest BCUT2D eigenvalue weighted by Crippen LogP contribution is 2.19. The minimum absolute atomic E-state index is 0.0217. The van der Waals surface area contributed by atoms with Crippen molar-refractivity contribution < 1.29 is 13.9 Å². The third kappa shape index (κ3) is 4.55. The second-order valence-electron chi connectivity index (χ2n) is 6.12. The van der Waals surface area contributed by atoms with Crippen LogP contribution in [0.25, 0.3) is 0 Å². The minimum atomic E-state index is -0.323. The molecule has 1 N–H and O–H groups in total. The van der Waals surface area contributed by atoms with Crippen molar-refractivity contribution in [2.75, 3.05) is 20.1 Å². The Hall–Kier alpha value is -1.92. The first kappa shape index (κ1) is 16.9. The van der Waals surface area contributed by atoms with Crippen LogP contribution >= 0.6 is 11.3 Å². The molecule has 4 nitrogen and oxygen atoms in total. The summed E-state index contributed by atoms with van der Waals surface area (Å²) in [6, 6.07) is 8.14. The van der Waals surface area contributed by atoms with Gasteiger partial charge in [0.25, 0.3) is 5.91 Å². The van der Waals surface area contributed by atoms with E-state index in [4.69, 9.17) is 4.74 Å². The van der Waals surface area contributed by atoms with Crippen molar-refractivity contribution in [2.45, 2.75) is 25.5 Å². The van der Waals surface area contributed by atoms with E-state index in [9.17, 15) is 9.18 Å². The number of hydrogen-bond donors (Lipinski definition) is 1. The quantitative estimate of drug-likeness (QED) is 0.901. The Balaban J connectivity index is 1.52. The average molecular weight is 348 g/mol. The Kier molecular flexibility index (Phi) is 5.48. The van der Waals surface area contributed by atoms with Gasteiger partial charge in [-0.2, -0.15) is 0 Å². The number of carbonyl (C=O) groups excluding carboxylic acids is 1. The average Bonchev–Trinajstić information content (AvgIpc) is 3.04. The van der Waals surface area contributed by atoms with Gasteiger partial charge in [-0.15, -0.1) is 11.3 Å². The Morgan fingerprint density at radius 2 is 2.17 bits per heavy atom. The van der Waals surface area contributed by atoms with Gasteiger partial charge in [0.15, 0.2) is 0 Å². The Labute approximate surface area is 145 Å². The number of carbonyl (C=O) groups is 1. The lowest BCUT2D eigenvalue weighted by Crippen LogP contribution is -2.43. The van der Waals surface area contributed by atoms with Gasteiger partial charge < -0.3 is 15.0 Å². The molecule has 0 aliphatic carbocycles. The van der Waals surface area contributed by atoms with E-state index in [2.05, 4.69) is 17.3 Å². The first-order valence-electron chi connectivity index (χ1n) is 8.05. The van der Waals surface area contributed by atoms with Gasteiger partial charge in [-0.3, -0.25) is 4.79 Å². The Morgan fingerprint density at radius 3 is 2.92 bits per heavy atom. The second-order valence-corrected chi connectivity index (χ2v) is 7.03. The number of ether oxygens (including phenoxy) is 1. The van der Waals surface area contributed by atoms with Crippen molar-refractivity contribution in [2.24, 2.45) is 0 Å². The number of nitrogens with one attached hydrogen (secondary N) is 1. The first-order valence-corrected chi connectivity index (χ1v) is 8.93. The number of likely N-dealkylation sites (tertiary alicyclic amines) is 1. The van der Waals surface area contributed by atoms with Crippen LogP contribution in [0.15, 0.2) is 35.7 Å². The van der Waals surface area contributed by atoms with Crippen molar-refractivity contribution in [3.8, 4) is 5.75 Å². The summed E-state index contributed by atoms with van der Waals surface area (Å²) in [5.41, 5.74) is 0.915. The molecule has 0 bridgehead atoms. The van der Waals surface area contributed by atoms with Gasteiger partial charge >= 0.3 is 0 Å².